The van der Waals surface area contributed by atoms with Gasteiger partial charge in [-0.25, -0.2) is 9.03 Å². The quantitative estimate of drug-likeness (QED) is 0.150. The van der Waals surface area contributed by atoms with Crippen molar-refractivity contribution in [2.24, 2.45) is 5.92 Å². The van der Waals surface area contributed by atoms with Crippen LogP contribution in [0.1, 0.15) is 36.8 Å². The Morgan fingerprint density at radius 3 is 1.94 bits per heavy atom. The van der Waals surface area contributed by atoms with Crippen LogP contribution in [0.15, 0.2) is 115 Å². The minimum Gasteiger partial charge on any atom is -0.381 e. The first-order valence-electron chi connectivity index (χ1n) is 17.5. The average Bonchev–Trinajstić information content (AvgIpc) is 3.52. The Labute approximate surface area is 296 Å². The largest absolute Gasteiger partial charge is 0.381 e. The Hall–Kier alpha value is -6.07. The van der Waals surface area contributed by atoms with Gasteiger partial charge in [0, 0.05) is 35.8 Å². The zero-order valence-corrected chi connectivity index (χ0v) is 28.3. The van der Waals surface area contributed by atoms with Crippen LogP contribution < -0.4 is 16.4 Å². The molecule has 5 heterocycles. The third-order valence-corrected chi connectivity index (χ3v) is 9.29. The molecule has 51 heavy (non-hydrogen) atoms. The van der Waals surface area contributed by atoms with Crippen molar-refractivity contribution < 1.29 is 4.79 Å². The molecule has 0 bridgehead atoms. The number of amides is 1. The number of carbonyl (C=O) groups excluding carboxylic acids is 1. The van der Waals surface area contributed by atoms with Crippen molar-refractivity contribution in [1.29, 1.82) is 0 Å². The number of nitrogens with one attached hydrogen (secondary N) is 2. The van der Waals surface area contributed by atoms with E-state index in [1.165, 1.54) is 37.1 Å². The molecule has 0 spiro atoms. The third-order valence-electron chi connectivity index (χ3n) is 9.29. The van der Waals surface area contributed by atoms with Gasteiger partial charge in [-0.3, -0.25) is 15.0 Å². The Kier molecular flexibility index (Phi) is 9.09. The van der Waals surface area contributed by atoms with Gasteiger partial charge in [-0.1, -0.05) is 78.9 Å². The van der Waals surface area contributed by atoms with E-state index in [0.717, 1.165) is 59.8 Å². The van der Waals surface area contributed by atoms with Crippen molar-refractivity contribution in [2.75, 3.05) is 29.5 Å². The normalized spacial score (nSPS) is 14.4. The summed E-state index contributed by atoms with van der Waals surface area (Å²) in [6.07, 6.45) is 4.56. The highest BCUT2D eigenvalue weighted by atomic mass is 16.2. The number of nitrogens with two attached hydrogens (primary N) is 1. The summed E-state index contributed by atoms with van der Waals surface area (Å²) in [5, 5.41) is 15.0. The molecule has 2 fully saturated rings. The summed E-state index contributed by atoms with van der Waals surface area (Å²) in [6, 6.07) is 39.0. The van der Waals surface area contributed by atoms with Gasteiger partial charge in [0.2, 0.25) is 17.8 Å². The number of hydrogen-bond donors (Lipinski definition) is 3. The molecule has 1 saturated heterocycles. The van der Waals surface area contributed by atoms with Gasteiger partial charge in [0.15, 0.2) is 11.3 Å². The molecule has 0 unspecified atom stereocenters. The van der Waals surface area contributed by atoms with Gasteiger partial charge in [0.1, 0.15) is 0 Å². The number of nitrogen functional groups attached to an aromatic ring is 1. The van der Waals surface area contributed by atoms with Crippen LogP contribution in [0.25, 0.3) is 33.8 Å². The molecule has 0 atom stereocenters. The van der Waals surface area contributed by atoms with Gasteiger partial charge in [-0.2, -0.15) is 9.97 Å². The summed E-state index contributed by atoms with van der Waals surface area (Å²) < 4.78 is 3.57. The molecule has 0 radical (unpaired) electrons. The van der Waals surface area contributed by atoms with Crippen molar-refractivity contribution in [3.05, 3.63) is 126 Å². The number of nitrogens with zero attached hydrogens (tertiary/aromatic N) is 7. The fourth-order valence-corrected chi connectivity index (χ4v) is 6.41. The number of carbonyl (C=O) groups is 1. The lowest BCUT2D eigenvalue weighted by Gasteiger charge is -2.14. The summed E-state index contributed by atoms with van der Waals surface area (Å²) in [5.74, 6) is 0.798. The van der Waals surface area contributed by atoms with E-state index in [9.17, 15) is 4.79 Å². The van der Waals surface area contributed by atoms with Crippen molar-refractivity contribution in [2.45, 2.75) is 38.8 Å². The zero-order chi connectivity index (χ0) is 34.6. The summed E-state index contributed by atoms with van der Waals surface area (Å²) >= 11 is 0. The molecule has 4 aromatic heterocycles. The molecule has 11 nitrogen and oxygen atoms in total. The standard InChI is InChI=1S/C23H21N5O.C17H19N5/c29-22(18-13-14-18)26-23-25-21-8-4-7-20(28(21)27-23)17-11-9-16(10-12-17)15-24-19-5-2-1-3-6-19;18-17-19-16-5-3-4-15(22(16)20-17)14-8-6-13(7-9-14)12-21-10-1-2-11-21/h1-12,18,24H,13-15H2,(H,26,27,29);3-9H,1-2,10-12H2,(H2,18,20). The fraction of sp³-hybridized carbons (Fsp3) is 0.225. The Bertz CT molecular complexity index is 2250. The molecule has 11 heteroatoms. The number of para-hydroxylation sites is 1. The van der Waals surface area contributed by atoms with Crippen LogP contribution >= 0.6 is 0 Å². The van der Waals surface area contributed by atoms with Crippen LogP contribution in [0.3, 0.4) is 0 Å². The van der Waals surface area contributed by atoms with Crippen molar-refractivity contribution >= 4 is 34.8 Å². The molecule has 4 N–H and O–H groups in total. The molecule has 9 rings (SSSR count). The van der Waals surface area contributed by atoms with Gasteiger partial charge in [-0.15, -0.1) is 10.2 Å². The van der Waals surface area contributed by atoms with Gasteiger partial charge >= 0.3 is 0 Å². The predicted molar refractivity (Wildman–Crippen MR) is 201 cm³/mol. The average molecular weight is 677 g/mol. The maximum absolute atomic E-state index is 12.0. The second-order valence-corrected chi connectivity index (χ2v) is 13.1. The van der Waals surface area contributed by atoms with E-state index in [0.29, 0.717) is 17.5 Å². The maximum Gasteiger partial charge on any atom is 0.249 e. The lowest BCUT2D eigenvalue weighted by Crippen LogP contribution is -2.18. The molecule has 1 aliphatic heterocycles. The first-order valence-corrected chi connectivity index (χ1v) is 17.5. The van der Waals surface area contributed by atoms with E-state index in [1.807, 2.05) is 54.6 Å². The number of rotatable bonds is 9. The highest BCUT2D eigenvalue weighted by Gasteiger charge is 2.30. The van der Waals surface area contributed by atoms with Crippen LogP contribution in [-0.2, 0) is 17.9 Å². The van der Waals surface area contributed by atoms with Gasteiger partial charge in [0.05, 0.1) is 11.4 Å². The van der Waals surface area contributed by atoms with E-state index in [-0.39, 0.29) is 11.8 Å². The minimum atomic E-state index is 0.0118. The van der Waals surface area contributed by atoms with E-state index >= 15 is 0 Å². The number of aromatic nitrogens is 6. The minimum absolute atomic E-state index is 0.0118. The Morgan fingerprint density at radius 1 is 0.686 bits per heavy atom. The SMILES string of the molecule is Nc1nc2cccc(-c3ccc(CN4CCCC4)cc3)n2n1.O=C(Nc1nc2cccc(-c3ccc(CNc4ccccc4)cc3)n2n1)C1CC1. The Morgan fingerprint density at radius 2 is 1.29 bits per heavy atom. The number of fused-ring (bicyclic) bond motifs is 2. The van der Waals surface area contributed by atoms with Crippen molar-refractivity contribution in [3.63, 3.8) is 0 Å². The van der Waals surface area contributed by atoms with Crippen LogP contribution in [0, 0.1) is 5.92 Å². The van der Waals surface area contributed by atoms with E-state index < -0.39 is 0 Å². The summed E-state index contributed by atoms with van der Waals surface area (Å²) in [7, 11) is 0. The highest BCUT2D eigenvalue weighted by Crippen LogP contribution is 2.30. The first kappa shape index (κ1) is 32.2. The summed E-state index contributed by atoms with van der Waals surface area (Å²) in [5.41, 5.74) is 15.0. The maximum atomic E-state index is 12.0. The monoisotopic (exact) mass is 676 g/mol. The molecule has 1 amide bonds. The molecular formula is C40H40N10O. The van der Waals surface area contributed by atoms with E-state index in [2.05, 4.69) is 96.4 Å². The molecule has 3 aromatic carbocycles. The predicted octanol–water partition coefficient (Wildman–Crippen LogP) is 6.93. The van der Waals surface area contributed by atoms with Crippen LogP contribution in [-0.4, -0.2) is 53.1 Å². The van der Waals surface area contributed by atoms with E-state index in [4.69, 9.17) is 5.73 Å². The number of likely N-dealkylation sites (tertiary alicyclic amines) is 1. The third kappa shape index (κ3) is 7.58. The molecule has 256 valence electrons. The van der Waals surface area contributed by atoms with Crippen LogP contribution in [0.5, 0.6) is 0 Å². The van der Waals surface area contributed by atoms with E-state index in [1.54, 1.807) is 9.03 Å². The molecule has 7 aromatic rings. The van der Waals surface area contributed by atoms with Crippen molar-refractivity contribution in [1.82, 2.24) is 34.1 Å². The lowest BCUT2D eigenvalue weighted by atomic mass is 10.1. The summed E-state index contributed by atoms with van der Waals surface area (Å²) in [6.45, 7) is 4.24. The molecule has 1 saturated carbocycles. The number of anilines is 3. The molecule has 1 aliphatic carbocycles. The lowest BCUT2D eigenvalue weighted by molar-refractivity contribution is -0.117. The first-order chi connectivity index (χ1) is 25.1. The zero-order valence-electron chi connectivity index (χ0n) is 28.3. The van der Waals surface area contributed by atoms with Crippen LogP contribution in [0.4, 0.5) is 17.6 Å². The number of benzene rings is 3. The van der Waals surface area contributed by atoms with Crippen LogP contribution in [0.2, 0.25) is 0 Å². The fourth-order valence-electron chi connectivity index (χ4n) is 6.41. The van der Waals surface area contributed by atoms with Gasteiger partial charge in [-0.05, 0) is 86.3 Å². The second-order valence-electron chi connectivity index (χ2n) is 13.1. The second kappa shape index (κ2) is 14.4. The van der Waals surface area contributed by atoms with Gasteiger partial charge < -0.3 is 11.1 Å². The number of hydrogen-bond acceptors (Lipinski definition) is 8. The Balaban J connectivity index is 0.000000152. The molecular weight excluding hydrogens is 637 g/mol. The smallest absolute Gasteiger partial charge is 0.249 e. The molecule has 2 aliphatic rings. The van der Waals surface area contributed by atoms with Crippen molar-refractivity contribution in [3.8, 4) is 22.5 Å². The highest BCUT2D eigenvalue weighted by molar-refractivity contribution is 5.92. The number of pyridine rings is 2. The van der Waals surface area contributed by atoms with Gasteiger partial charge in [0.25, 0.3) is 0 Å². The topological polar surface area (TPSA) is 131 Å². The summed E-state index contributed by atoms with van der Waals surface area (Å²) in [4.78, 5) is 23.2.